The lowest BCUT2D eigenvalue weighted by atomic mass is 9.73. The molecule has 0 aliphatic carbocycles. The third-order valence-corrected chi connectivity index (χ3v) is 5.14. The SMILES string of the molecule is CN1C(=O)[C@@](CC(=O)NCc2nn[nH]n2)(Cc2ccccc2)c2ccccc21. The van der Waals surface area contributed by atoms with Crippen molar-refractivity contribution in [2.75, 3.05) is 11.9 Å². The van der Waals surface area contributed by atoms with Crippen LogP contribution in [-0.4, -0.2) is 39.5 Å². The minimum absolute atomic E-state index is 0.0416. The van der Waals surface area contributed by atoms with E-state index in [1.165, 1.54) is 0 Å². The van der Waals surface area contributed by atoms with Crippen molar-refractivity contribution < 1.29 is 9.59 Å². The molecule has 0 bridgehead atoms. The number of nitrogens with one attached hydrogen (secondary N) is 2. The van der Waals surface area contributed by atoms with Gasteiger partial charge in [0.15, 0.2) is 5.82 Å². The van der Waals surface area contributed by atoms with Crippen molar-refractivity contribution in [3.63, 3.8) is 0 Å². The zero-order valence-corrected chi connectivity index (χ0v) is 15.4. The molecule has 2 heterocycles. The van der Waals surface area contributed by atoms with Gasteiger partial charge in [0.2, 0.25) is 11.8 Å². The smallest absolute Gasteiger partial charge is 0.238 e. The Morgan fingerprint density at radius 1 is 1.14 bits per heavy atom. The summed E-state index contributed by atoms with van der Waals surface area (Å²) in [5.74, 6) is 0.0761. The average Bonchev–Trinajstić information content (AvgIpc) is 3.31. The maximum Gasteiger partial charge on any atom is 0.238 e. The van der Waals surface area contributed by atoms with Crippen molar-refractivity contribution in [3.8, 4) is 0 Å². The van der Waals surface area contributed by atoms with Gasteiger partial charge in [0.25, 0.3) is 0 Å². The highest BCUT2D eigenvalue weighted by Gasteiger charge is 2.50. The molecule has 0 spiro atoms. The predicted molar refractivity (Wildman–Crippen MR) is 102 cm³/mol. The Hall–Kier alpha value is -3.55. The second kappa shape index (κ2) is 7.22. The molecule has 2 aromatic carbocycles. The molecule has 142 valence electrons. The molecule has 1 aliphatic rings. The fraction of sp³-hybridized carbons (Fsp3) is 0.250. The second-order valence-corrected chi connectivity index (χ2v) is 6.91. The Balaban J connectivity index is 1.66. The van der Waals surface area contributed by atoms with Gasteiger partial charge in [-0.2, -0.15) is 5.21 Å². The van der Waals surface area contributed by atoms with Crippen LogP contribution in [0.15, 0.2) is 54.6 Å². The highest BCUT2D eigenvalue weighted by atomic mass is 16.2. The summed E-state index contributed by atoms with van der Waals surface area (Å²) >= 11 is 0. The number of nitrogens with zero attached hydrogens (tertiary/aromatic N) is 4. The van der Waals surface area contributed by atoms with Crippen molar-refractivity contribution in [1.29, 1.82) is 0 Å². The Morgan fingerprint density at radius 3 is 2.64 bits per heavy atom. The number of carbonyl (C=O) groups excluding carboxylic acids is 2. The minimum atomic E-state index is -0.950. The number of likely N-dealkylation sites (N-methyl/N-ethyl adjacent to an activating group) is 1. The molecule has 4 rings (SSSR count). The number of hydrogen-bond acceptors (Lipinski definition) is 5. The first-order valence-electron chi connectivity index (χ1n) is 9.01. The maximum atomic E-state index is 13.4. The lowest BCUT2D eigenvalue weighted by Gasteiger charge is -2.28. The van der Waals surface area contributed by atoms with Crippen LogP contribution in [0.2, 0.25) is 0 Å². The standard InChI is InChI=1S/C20H20N6O2/c1-26-16-10-6-5-9-15(16)20(19(26)28,11-14-7-3-2-4-8-14)12-18(27)21-13-17-22-24-25-23-17/h2-10H,11-13H2,1H3,(H,21,27)(H,22,23,24,25)/t20-/m1/s1. The second-order valence-electron chi connectivity index (χ2n) is 6.91. The van der Waals surface area contributed by atoms with Crippen molar-refractivity contribution in [2.24, 2.45) is 0 Å². The first kappa shape index (κ1) is 17.8. The van der Waals surface area contributed by atoms with Gasteiger partial charge in [0.05, 0.1) is 12.0 Å². The van der Waals surface area contributed by atoms with Gasteiger partial charge in [-0.3, -0.25) is 9.59 Å². The summed E-state index contributed by atoms with van der Waals surface area (Å²) in [6.07, 6.45) is 0.490. The third-order valence-electron chi connectivity index (χ3n) is 5.14. The van der Waals surface area contributed by atoms with E-state index in [0.717, 1.165) is 16.8 Å². The van der Waals surface area contributed by atoms with E-state index in [2.05, 4.69) is 25.9 Å². The highest BCUT2D eigenvalue weighted by molar-refractivity contribution is 6.09. The van der Waals surface area contributed by atoms with Crippen LogP contribution in [0.3, 0.4) is 0 Å². The topological polar surface area (TPSA) is 104 Å². The van der Waals surface area contributed by atoms with Crippen LogP contribution >= 0.6 is 0 Å². The number of benzene rings is 2. The van der Waals surface area contributed by atoms with Crippen molar-refractivity contribution in [2.45, 2.75) is 24.8 Å². The quantitative estimate of drug-likeness (QED) is 0.676. The number of para-hydroxylation sites is 1. The predicted octanol–water partition coefficient (Wildman–Crippen LogP) is 1.36. The van der Waals surface area contributed by atoms with E-state index in [9.17, 15) is 9.59 Å². The number of anilines is 1. The molecule has 0 fully saturated rings. The number of tetrazole rings is 1. The normalized spacial score (nSPS) is 18.2. The van der Waals surface area contributed by atoms with Crippen LogP contribution in [-0.2, 0) is 28.0 Å². The highest BCUT2D eigenvalue weighted by Crippen LogP contribution is 2.45. The Morgan fingerprint density at radius 2 is 1.89 bits per heavy atom. The van der Waals surface area contributed by atoms with Gasteiger partial charge < -0.3 is 10.2 Å². The fourth-order valence-electron chi connectivity index (χ4n) is 3.84. The number of H-pyrrole nitrogens is 1. The molecule has 0 saturated heterocycles. The van der Waals surface area contributed by atoms with Crippen LogP contribution in [0.5, 0.6) is 0 Å². The van der Waals surface area contributed by atoms with Gasteiger partial charge in [-0.15, -0.1) is 10.2 Å². The molecule has 1 atom stereocenters. The van der Waals surface area contributed by atoms with Crippen LogP contribution < -0.4 is 10.2 Å². The van der Waals surface area contributed by atoms with E-state index in [1.54, 1.807) is 11.9 Å². The summed E-state index contributed by atoms with van der Waals surface area (Å²) in [5.41, 5.74) is 1.77. The molecule has 8 nitrogen and oxygen atoms in total. The van der Waals surface area contributed by atoms with Gasteiger partial charge in [-0.1, -0.05) is 53.7 Å². The number of hydrogen-bond donors (Lipinski definition) is 2. The number of amides is 2. The first-order chi connectivity index (χ1) is 13.6. The lowest BCUT2D eigenvalue weighted by molar-refractivity contribution is -0.129. The van der Waals surface area contributed by atoms with E-state index < -0.39 is 5.41 Å². The summed E-state index contributed by atoms with van der Waals surface area (Å²) in [6, 6.07) is 17.4. The Bertz CT molecular complexity index is 989. The molecule has 2 N–H and O–H groups in total. The summed E-state index contributed by atoms with van der Waals surface area (Å²) < 4.78 is 0. The molecule has 2 amide bonds. The zero-order chi connectivity index (χ0) is 19.6. The summed E-state index contributed by atoms with van der Waals surface area (Å²) in [6.45, 7) is 0.155. The minimum Gasteiger partial charge on any atom is -0.349 e. The molecule has 3 aromatic rings. The molecular weight excluding hydrogens is 356 g/mol. The largest absolute Gasteiger partial charge is 0.349 e. The van der Waals surface area contributed by atoms with E-state index in [0.29, 0.717) is 12.2 Å². The summed E-state index contributed by atoms with van der Waals surface area (Å²) in [7, 11) is 1.76. The van der Waals surface area contributed by atoms with Crippen LogP contribution in [0.25, 0.3) is 0 Å². The molecule has 0 radical (unpaired) electrons. The molecule has 28 heavy (non-hydrogen) atoms. The van der Waals surface area contributed by atoms with E-state index in [1.807, 2.05) is 54.6 Å². The molecule has 1 aliphatic heterocycles. The van der Waals surface area contributed by atoms with Gasteiger partial charge in [-0.05, 0) is 23.6 Å². The summed E-state index contributed by atoms with van der Waals surface area (Å²) in [4.78, 5) is 27.8. The molecule has 0 unspecified atom stereocenters. The fourth-order valence-corrected chi connectivity index (χ4v) is 3.84. The van der Waals surface area contributed by atoms with Crippen molar-refractivity contribution in [3.05, 3.63) is 71.5 Å². The number of aromatic amines is 1. The molecule has 8 heteroatoms. The maximum absolute atomic E-state index is 13.4. The average molecular weight is 376 g/mol. The van der Waals surface area contributed by atoms with Gasteiger partial charge in [0.1, 0.15) is 0 Å². The van der Waals surface area contributed by atoms with E-state index in [-0.39, 0.29) is 24.8 Å². The number of rotatable bonds is 6. The van der Waals surface area contributed by atoms with Crippen molar-refractivity contribution in [1.82, 2.24) is 25.9 Å². The van der Waals surface area contributed by atoms with Gasteiger partial charge in [-0.25, -0.2) is 0 Å². The third kappa shape index (κ3) is 3.13. The van der Waals surface area contributed by atoms with E-state index >= 15 is 0 Å². The first-order valence-corrected chi connectivity index (χ1v) is 9.01. The van der Waals surface area contributed by atoms with Crippen LogP contribution in [0.4, 0.5) is 5.69 Å². The van der Waals surface area contributed by atoms with E-state index in [4.69, 9.17) is 0 Å². The summed E-state index contributed by atoms with van der Waals surface area (Å²) in [5, 5.41) is 16.3. The zero-order valence-electron chi connectivity index (χ0n) is 15.4. The van der Waals surface area contributed by atoms with Gasteiger partial charge in [0, 0.05) is 19.2 Å². The lowest BCUT2D eigenvalue weighted by Crippen LogP contribution is -2.44. The number of fused-ring (bicyclic) bond motifs is 1. The number of carbonyl (C=O) groups is 2. The molecular formula is C20H20N6O2. The Labute approximate surface area is 162 Å². The Kier molecular flexibility index (Phi) is 4.60. The van der Waals surface area contributed by atoms with Gasteiger partial charge >= 0.3 is 0 Å². The number of aromatic nitrogens is 4. The molecule has 1 aromatic heterocycles. The molecule has 0 saturated carbocycles. The monoisotopic (exact) mass is 376 g/mol. The van der Waals surface area contributed by atoms with Crippen LogP contribution in [0.1, 0.15) is 23.4 Å². The van der Waals surface area contributed by atoms with Crippen molar-refractivity contribution >= 4 is 17.5 Å². The van der Waals surface area contributed by atoms with Crippen LogP contribution in [0, 0.1) is 0 Å².